The second-order valence-electron chi connectivity index (χ2n) is 18.7. The number of piperidine rings is 1. The van der Waals surface area contributed by atoms with E-state index in [1.807, 2.05) is 45.0 Å². The summed E-state index contributed by atoms with van der Waals surface area (Å²) in [4.78, 5) is 62.8. The number of H-pyrrole nitrogens is 1. The molecule has 1 aliphatic heterocycles. The van der Waals surface area contributed by atoms with Gasteiger partial charge in [-0.1, -0.05) is 24.3 Å². The molecule has 2 aromatic heterocycles. The Bertz CT molecular complexity index is 2380. The SMILES string of the molecule is CC(C)(C)OC(=O)NCC1CCC(C(=O)C[C@@H](Cc2cccc(-c3cncc(S(=O)(=O)NC4CCN(C(=O)OC(C)(C)C)CC4)c3)c2)C(=O)Nc2ccc(-c3n[nH]c(Cl)n3)cc2)CC1. The van der Waals surface area contributed by atoms with Gasteiger partial charge in [-0.3, -0.25) is 14.6 Å². The van der Waals surface area contributed by atoms with Crippen LogP contribution in [0.1, 0.15) is 92.1 Å². The van der Waals surface area contributed by atoms with Gasteiger partial charge < -0.3 is 25.0 Å². The number of nitrogens with one attached hydrogen (secondary N) is 4. The van der Waals surface area contributed by atoms with Crippen molar-refractivity contribution in [3.05, 3.63) is 77.8 Å². The zero-order valence-corrected chi connectivity index (χ0v) is 38.9. The van der Waals surface area contributed by atoms with Crippen molar-refractivity contribution in [2.45, 2.75) is 115 Å². The topological polar surface area (TPSA) is 215 Å². The summed E-state index contributed by atoms with van der Waals surface area (Å²) in [6.07, 6.45) is 5.97. The molecule has 6 rings (SSSR count). The normalized spacial score (nSPS) is 17.9. The molecule has 344 valence electrons. The lowest BCUT2D eigenvalue weighted by Gasteiger charge is -2.33. The molecule has 2 fully saturated rings. The fraction of sp³-hybridized carbons (Fsp3) is 0.500. The number of aromatic nitrogens is 4. The van der Waals surface area contributed by atoms with Gasteiger partial charge in [-0.15, -0.1) is 0 Å². The second kappa shape index (κ2) is 20.6. The van der Waals surface area contributed by atoms with Crippen LogP contribution in [0.2, 0.25) is 5.28 Å². The van der Waals surface area contributed by atoms with E-state index in [1.165, 1.54) is 6.20 Å². The van der Waals surface area contributed by atoms with Crippen LogP contribution in [0.15, 0.2) is 71.9 Å². The van der Waals surface area contributed by atoms with E-state index in [2.05, 4.69) is 35.5 Å². The Kier molecular flexibility index (Phi) is 15.5. The molecule has 1 aliphatic carbocycles. The monoisotopic (exact) mass is 918 g/mol. The molecular weight excluding hydrogens is 860 g/mol. The molecule has 0 unspecified atom stereocenters. The van der Waals surface area contributed by atoms with Gasteiger partial charge in [0.05, 0.1) is 0 Å². The van der Waals surface area contributed by atoms with Crippen molar-refractivity contribution >= 4 is 51.2 Å². The maximum absolute atomic E-state index is 14.1. The Labute approximate surface area is 380 Å². The van der Waals surface area contributed by atoms with E-state index >= 15 is 0 Å². The molecule has 1 saturated heterocycles. The van der Waals surface area contributed by atoms with Crippen molar-refractivity contribution in [3.8, 4) is 22.5 Å². The van der Waals surface area contributed by atoms with Crippen molar-refractivity contribution < 1.29 is 37.1 Å². The largest absolute Gasteiger partial charge is 0.444 e. The van der Waals surface area contributed by atoms with E-state index in [0.29, 0.717) is 73.5 Å². The molecule has 1 saturated carbocycles. The van der Waals surface area contributed by atoms with E-state index in [9.17, 15) is 27.6 Å². The van der Waals surface area contributed by atoms with Gasteiger partial charge in [0.2, 0.25) is 21.2 Å². The third-order valence-electron chi connectivity index (χ3n) is 11.2. The molecule has 3 amide bonds. The number of Topliss-reactive ketones (excluding diaryl/α,β-unsaturated/α-hetero) is 1. The van der Waals surface area contributed by atoms with E-state index in [-0.39, 0.29) is 52.6 Å². The fourth-order valence-electron chi connectivity index (χ4n) is 7.90. The van der Waals surface area contributed by atoms with Gasteiger partial charge in [0.25, 0.3) is 0 Å². The lowest BCUT2D eigenvalue weighted by molar-refractivity contribution is -0.129. The molecule has 2 aliphatic rings. The first-order valence-corrected chi connectivity index (χ1v) is 23.6. The number of carbonyl (C=O) groups is 4. The minimum Gasteiger partial charge on any atom is -0.444 e. The Balaban J connectivity index is 1.13. The third-order valence-corrected chi connectivity index (χ3v) is 12.8. The van der Waals surface area contributed by atoms with Gasteiger partial charge in [-0.05, 0) is 145 Å². The molecule has 3 heterocycles. The number of rotatable bonds is 14. The van der Waals surface area contributed by atoms with Crippen LogP contribution in [0.4, 0.5) is 15.3 Å². The molecule has 1 atom stereocenters. The number of likely N-dealkylation sites (tertiary alicyclic amines) is 1. The highest BCUT2D eigenvalue weighted by Gasteiger charge is 2.32. The first-order chi connectivity index (χ1) is 30.2. The summed E-state index contributed by atoms with van der Waals surface area (Å²) >= 11 is 5.91. The maximum Gasteiger partial charge on any atom is 0.410 e. The predicted octanol–water partition coefficient (Wildman–Crippen LogP) is 7.95. The Morgan fingerprint density at radius 2 is 1.55 bits per heavy atom. The van der Waals surface area contributed by atoms with Crippen LogP contribution in [0.5, 0.6) is 0 Å². The molecule has 2 aromatic carbocycles. The molecule has 18 heteroatoms. The van der Waals surface area contributed by atoms with E-state index in [0.717, 1.165) is 18.4 Å². The third kappa shape index (κ3) is 14.1. The lowest BCUT2D eigenvalue weighted by Crippen LogP contribution is -2.47. The number of carbonyl (C=O) groups excluding carboxylic acids is 4. The number of ketones is 1. The lowest BCUT2D eigenvalue weighted by atomic mass is 9.77. The Morgan fingerprint density at radius 1 is 0.859 bits per heavy atom. The number of benzene rings is 2. The van der Waals surface area contributed by atoms with Crippen LogP contribution in [-0.2, 0) is 35.5 Å². The Morgan fingerprint density at radius 3 is 2.19 bits per heavy atom. The number of nitrogens with zero attached hydrogens (tertiary/aromatic N) is 4. The van der Waals surface area contributed by atoms with Gasteiger partial charge in [0.15, 0.2) is 5.82 Å². The first kappa shape index (κ1) is 48.1. The number of alkyl carbamates (subject to hydrolysis) is 1. The van der Waals surface area contributed by atoms with Crippen LogP contribution in [0.3, 0.4) is 0 Å². The summed E-state index contributed by atoms with van der Waals surface area (Å²) in [6, 6.07) is 15.6. The number of anilines is 1. The number of sulfonamides is 1. The van der Waals surface area contributed by atoms with Crippen LogP contribution >= 0.6 is 11.6 Å². The van der Waals surface area contributed by atoms with E-state index < -0.39 is 39.3 Å². The van der Waals surface area contributed by atoms with Gasteiger partial charge in [-0.2, -0.15) is 10.1 Å². The average molecular weight is 920 g/mol. The van der Waals surface area contributed by atoms with Crippen molar-refractivity contribution in [2.24, 2.45) is 17.8 Å². The fourth-order valence-corrected chi connectivity index (χ4v) is 9.31. The van der Waals surface area contributed by atoms with Gasteiger partial charge in [0, 0.05) is 73.1 Å². The highest BCUT2D eigenvalue weighted by Crippen LogP contribution is 2.32. The highest BCUT2D eigenvalue weighted by molar-refractivity contribution is 7.89. The number of ether oxygens (including phenoxy) is 2. The molecule has 64 heavy (non-hydrogen) atoms. The molecule has 4 N–H and O–H groups in total. The molecule has 4 aromatic rings. The summed E-state index contributed by atoms with van der Waals surface area (Å²) in [5.41, 5.74) is 2.05. The van der Waals surface area contributed by atoms with Crippen molar-refractivity contribution in [1.82, 2.24) is 35.1 Å². The summed E-state index contributed by atoms with van der Waals surface area (Å²) in [6.45, 7) is 12.0. The summed E-state index contributed by atoms with van der Waals surface area (Å²) in [7, 11) is -3.96. The molecule has 0 radical (unpaired) electrons. The molecular formula is C46H59ClN8O8S. The van der Waals surface area contributed by atoms with Gasteiger partial charge in [-0.25, -0.2) is 27.8 Å². The van der Waals surface area contributed by atoms with Gasteiger partial charge in [0.1, 0.15) is 21.9 Å². The summed E-state index contributed by atoms with van der Waals surface area (Å²) in [5.74, 6) is -0.618. The highest BCUT2D eigenvalue weighted by atomic mass is 35.5. The van der Waals surface area contributed by atoms with Crippen LogP contribution in [-0.4, -0.2) is 94.2 Å². The first-order valence-electron chi connectivity index (χ1n) is 21.7. The molecule has 16 nitrogen and oxygen atoms in total. The average Bonchev–Trinajstić information content (AvgIpc) is 3.68. The molecule has 0 bridgehead atoms. The maximum atomic E-state index is 14.1. The number of hydrogen-bond donors (Lipinski definition) is 4. The zero-order valence-electron chi connectivity index (χ0n) is 37.3. The Hall–Kier alpha value is -5.39. The minimum absolute atomic E-state index is 0.000328. The quantitative estimate of drug-likeness (QED) is 0.0952. The van der Waals surface area contributed by atoms with E-state index in [1.54, 1.807) is 62.2 Å². The van der Waals surface area contributed by atoms with Crippen LogP contribution in [0, 0.1) is 17.8 Å². The second-order valence-corrected chi connectivity index (χ2v) is 20.7. The summed E-state index contributed by atoms with van der Waals surface area (Å²) < 4.78 is 40.8. The predicted molar refractivity (Wildman–Crippen MR) is 243 cm³/mol. The number of halogens is 1. The molecule has 0 spiro atoms. The summed E-state index contributed by atoms with van der Waals surface area (Å²) in [5, 5.41) is 12.7. The number of hydrogen-bond acceptors (Lipinski definition) is 11. The minimum atomic E-state index is -3.96. The standard InChI is InChI=1S/C46H59ClN8O8S/c1-45(2,3)62-43(58)49-26-29-10-12-31(13-11-29)39(56)25-34(41(57)50-36-16-14-32(15-17-36)40-51-42(47)53-52-40)23-30-8-7-9-33(22-30)35-24-38(28-48-27-35)64(60,61)54-37-18-20-55(21-19-37)44(59)63-46(4,5)6/h7-9,14-17,22,24,27-29,31,34,37,54H,10-13,18-21,23,25-26H2,1-6H3,(H,49,58)(H,50,57)(H,51,52,53)/t29?,31?,34-/m1/s1. The van der Waals surface area contributed by atoms with Gasteiger partial charge >= 0.3 is 12.2 Å². The van der Waals surface area contributed by atoms with Crippen molar-refractivity contribution in [1.29, 1.82) is 0 Å². The van der Waals surface area contributed by atoms with Crippen molar-refractivity contribution in [3.63, 3.8) is 0 Å². The number of amides is 3. The zero-order chi connectivity index (χ0) is 46.2. The van der Waals surface area contributed by atoms with Crippen LogP contribution in [0.25, 0.3) is 22.5 Å². The van der Waals surface area contributed by atoms with Crippen LogP contribution < -0.4 is 15.4 Å². The van der Waals surface area contributed by atoms with Crippen molar-refractivity contribution in [2.75, 3.05) is 25.0 Å². The number of aromatic amines is 1. The smallest absolute Gasteiger partial charge is 0.410 e. The number of pyridine rings is 1. The van der Waals surface area contributed by atoms with E-state index in [4.69, 9.17) is 21.1 Å².